The third-order valence-corrected chi connectivity index (χ3v) is 8.19. The molecule has 0 aliphatic carbocycles. The summed E-state index contributed by atoms with van der Waals surface area (Å²) >= 11 is 0. The number of H-pyrrole nitrogens is 1. The van der Waals surface area contributed by atoms with Crippen molar-refractivity contribution in [3.63, 3.8) is 0 Å². The fraction of sp³-hybridized carbons (Fsp3) is 0.382. The maximum absolute atomic E-state index is 13.2. The highest BCUT2D eigenvalue weighted by Gasteiger charge is 2.31. The number of ether oxygens (including phenoxy) is 1. The van der Waals surface area contributed by atoms with Gasteiger partial charge in [0, 0.05) is 61.2 Å². The number of aryl methyl sites for hydroxylation is 1. The van der Waals surface area contributed by atoms with Crippen molar-refractivity contribution in [1.82, 2.24) is 15.0 Å². The lowest BCUT2D eigenvalue weighted by Gasteiger charge is -2.40. The lowest BCUT2D eigenvalue weighted by atomic mass is 9.82. The summed E-state index contributed by atoms with van der Waals surface area (Å²) < 4.78 is 19.2. The van der Waals surface area contributed by atoms with E-state index in [-0.39, 0.29) is 17.7 Å². The van der Waals surface area contributed by atoms with Crippen LogP contribution < -0.4 is 15.0 Å². The molecule has 0 spiro atoms. The number of aliphatic carboxylic acids is 1. The number of hydrogen-bond acceptors (Lipinski definition) is 6. The number of benzene rings is 2. The van der Waals surface area contributed by atoms with E-state index < -0.39 is 5.97 Å². The zero-order chi connectivity index (χ0) is 30.4. The molecule has 1 saturated heterocycles. The summed E-state index contributed by atoms with van der Waals surface area (Å²) in [6.07, 6.45) is 6.83. The van der Waals surface area contributed by atoms with Crippen LogP contribution in [0.1, 0.15) is 49.2 Å². The highest BCUT2D eigenvalue weighted by molar-refractivity contribution is 5.91. The number of imidazole rings is 1. The molecule has 5 rings (SSSR count). The number of aromatic nitrogens is 3. The van der Waals surface area contributed by atoms with Crippen LogP contribution in [-0.4, -0.2) is 52.3 Å². The average molecular weight is 586 g/mol. The SMILES string of the molecule is Cc1nc(NCCc2cnc[nH]2)c(-c2ccc(OCCc3ccc(F)cc3)cc2)c(N2CCC(C)(C)CC2)c1CC(=O)O. The number of carboxylic acids is 1. The summed E-state index contributed by atoms with van der Waals surface area (Å²) in [6.45, 7) is 9.27. The molecule has 0 saturated carbocycles. The quantitative estimate of drug-likeness (QED) is 0.176. The Morgan fingerprint density at radius 3 is 2.47 bits per heavy atom. The molecule has 1 aliphatic heterocycles. The second kappa shape index (κ2) is 13.3. The van der Waals surface area contributed by atoms with Crippen LogP contribution in [0.15, 0.2) is 61.1 Å². The van der Waals surface area contributed by atoms with Gasteiger partial charge in [0.2, 0.25) is 0 Å². The molecule has 8 nitrogen and oxygen atoms in total. The van der Waals surface area contributed by atoms with Crippen LogP contribution in [-0.2, 0) is 24.1 Å². The molecule has 2 aromatic heterocycles. The lowest BCUT2D eigenvalue weighted by Crippen LogP contribution is -2.38. The number of nitrogens with zero attached hydrogens (tertiary/aromatic N) is 3. The number of halogens is 1. The van der Waals surface area contributed by atoms with Gasteiger partial charge >= 0.3 is 5.97 Å². The van der Waals surface area contributed by atoms with E-state index in [1.165, 1.54) is 12.1 Å². The van der Waals surface area contributed by atoms with E-state index in [0.29, 0.717) is 19.6 Å². The van der Waals surface area contributed by atoms with Gasteiger partial charge in [-0.3, -0.25) is 4.79 Å². The van der Waals surface area contributed by atoms with Crippen molar-refractivity contribution in [3.05, 3.63) is 89.4 Å². The van der Waals surface area contributed by atoms with E-state index in [9.17, 15) is 14.3 Å². The molecule has 0 atom stereocenters. The van der Waals surface area contributed by atoms with E-state index in [1.807, 2.05) is 37.4 Å². The van der Waals surface area contributed by atoms with Crippen molar-refractivity contribution < 1.29 is 19.0 Å². The molecular formula is C34H40FN5O3. The minimum atomic E-state index is -0.876. The number of hydrogen-bond donors (Lipinski definition) is 3. The van der Waals surface area contributed by atoms with Crippen LogP contribution in [0.2, 0.25) is 0 Å². The van der Waals surface area contributed by atoms with Crippen LogP contribution >= 0.6 is 0 Å². The highest BCUT2D eigenvalue weighted by atomic mass is 19.1. The Labute approximate surface area is 252 Å². The fourth-order valence-corrected chi connectivity index (χ4v) is 5.57. The molecule has 226 valence electrons. The Kier molecular flexibility index (Phi) is 9.28. The van der Waals surface area contributed by atoms with Crippen molar-refractivity contribution in [2.45, 2.75) is 52.9 Å². The van der Waals surface area contributed by atoms with Crippen LogP contribution in [0.25, 0.3) is 11.1 Å². The molecule has 1 aliphatic rings. The summed E-state index contributed by atoms with van der Waals surface area (Å²) in [5, 5.41) is 13.4. The smallest absolute Gasteiger partial charge is 0.307 e. The normalized spacial score (nSPS) is 14.5. The first-order chi connectivity index (χ1) is 20.7. The predicted octanol–water partition coefficient (Wildman–Crippen LogP) is 6.45. The first kappa shape index (κ1) is 30.1. The summed E-state index contributed by atoms with van der Waals surface area (Å²) in [7, 11) is 0. The van der Waals surface area contributed by atoms with Crippen LogP contribution in [0.5, 0.6) is 5.75 Å². The largest absolute Gasteiger partial charge is 0.493 e. The molecule has 43 heavy (non-hydrogen) atoms. The van der Waals surface area contributed by atoms with Gasteiger partial charge in [0.25, 0.3) is 0 Å². The third kappa shape index (κ3) is 7.71. The van der Waals surface area contributed by atoms with Gasteiger partial charge < -0.3 is 25.0 Å². The molecule has 0 unspecified atom stereocenters. The monoisotopic (exact) mass is 585 g/mol. The van der Waals surface area contributed by atoms with Crippen molar-refractivity contribution in [3.8, 4) is 16.9 Å². The summed E-state index contributed by atoms with van der Waals surface area (Å²) in [4.78, 5) is 26.6. The molecular weight excluding hydrogens is 545 g/mol. The first-order valence-corrected chi connectivity index (χ1v) is 14.9. The van der Waals surface area contributed by atoms with Gasteiger partial charge in [0.05, 0.1) is 25.0 Å². The number of rotatable bonds is 12. The lowest BCUT2D eigenvalue weighted by molar-refractivity contribution is -0.136. The minimum Gasteiger partial charge on any atom is -0.493 e. The zero-order valence-corrected chi connectivity index (χ0v) is 25.1. The molecule has 9 heteroatoms. The van der Waals surface area contributed by atoms with E-state index in [4.69, 9.17) is 9.72 Å². The van der Waals surface area contributed by atoms with Crippen molar-refractivity contribution in [2.75, 3.05) is 36.5 Å². The number of piperidine rings is 1. The van der Waals surface area contributed by atoms with Gasteiger partial charge in [-0.15, -0.1) is 0 Å². The van der Waals surface area contributed by atoms with Crippen LogP contribution in [0, 0.1) is 18.2 Å². The second-order valence-corrected chi connectivity index (χ2v) is 12.0. The molecule has 1 fully saturated rings. The van der Waals surface area contributed by atoms with Crippen molar-refractivity contribution in [1.29, 1.82) is 0 Å². The average Bonchev–Trinajstić information content (AvgIpc) is 3.49. The number of pyridine rings is 1. The van der Waals surface area contributed by atoms with E-state index in [0.717, 1.165) is 83.2 Å². The number of aromatic amines is 1. The highest BCUT2D eigenvalue weighted by Crippen LogP contribution is 2.43. The van der Waals surface area contributed by atoms with Crippen LogP contribution in [0.3, 0.4) is 0 Å². The molecule has 4 aromatic rings. The van der Waals surface area contributed by atoms with Gasteiger partial charge in [-0.25, -0.2) is 14.4 Å². The second-order valence-electron chi connectivity index (χ2n) is 12.0. The standard InChI is InChI=1S/C34H40FN5O3/c1-23-29(20-30(41)42)32(40-17-14-34(2,3)15-18-40)31(33(39-23)37-16-12-27-21-36-22-38-27)25-6-10-28(11-7-25)43-19-13-24-4-8-26(35)9-5-24/h4-11,21-22H,12-20H2,1-3H3,(H,36,38)(H,37,39)(H,41,42). The zero-order valence-electron chi connectivity index (χ0n) is 25.1. The minimum absolute atomic E-state index is 0.0972. The third-order valence-electron chi connectivity index (χ3n) is 8.19. The van der Waals surface area contributed by atoms with E-state index in [2.05, 4.69) is 34.0 Å². The maximum atomic E-state index is 13.2. The number of carboxylic acid groups (broad SMARTS) is 1. The first-order valence-electron chi connectivity index (χ1n) is 14.9. The van der Waals surface area contributed by atoms with Crippen molar-refractivity contribution >= 4 is 17.5 Å². The van der Waals surface area contributed by atoms with Gasteiger partial charge in [-0.05, 0) is 60.6 Å². The molecule has 0 bridgehead atoms. The summed E-state index contributed by atoms with van der Waals surface area (Å²) in [5.41, 5.74) is 6.53. The Morgan fingerprint density at radius 2 is 1.81 bits per heavy atom. The molecule has 3 heterocycles. The van der Waals surface area contributed by atoms with Gasteiger partial charge in [0.1, 0.15) is 17.4 Å². The Hall–Kier alpha value is -4.40. The topological polar surface area (TPSA) is 103 Å². The maximum Gasteiger partial charge on any atom is 0.307 e. The molecule has 0 amide bonds. The Balaban J connectivity index is 1.47. The van der Waals surface area contributed by atoms with Gasteiger partial charge in [-0.2, -0.15) is 0 Å². The number of carbonyl (C=O) groups is 1. The molecule has 0 radical (unpaired) electrons. The van der Waals surface area contributed by atoms with Crippen LogP contribution in [0.4, 0.5) is 15.9 Å². The Morgan fingerprint density at radius 1 is 1.09 bits per heavy atom. The van der Waals surface area contributed by atoms with Gasteiger partial charge in [0.15, 0.2) is 0 Å². The van der Waals surface area contributed by atoms with Gasteiger partial charge in [-0.1, -0.05) is 38.1 Å². The fourth-order valence-electron chi connectivity index (χ4n) is 5.57. The molecule has 2 aromatic carbocycles. The number of anilines is 2. The summed E-state index contributed by atoms with van der Waals surface area (Å²) in [6, 6.07) is 14.4. The molecule has 3 N–H and O–H groups in total. The van der Waals surface area contributed by atoms with E-state index >= 15 is 0 Å². The Bertz CT molecular complexity index is 1510. The van der Waals surface area contributed by atoms with E-state index in [1.54, 1.807) is 18.5 Å². The number of nitrogens with one attached hydrogen (secondary N) is 2. The van der Waals surface area contributed by atoms with Crippen molar-refractivity contribution in [2.24, 2.45) is 5.41 Å². The predicted molar refractivity (Wildman–Crippen MR) is 167 cm³/mol. The summed E-state index contributed by atoms with van der Waals surface area (Å²) in [5.74, 6) is 0.335.